The van der Waals surface area contributed by atoms with Crippen molar-refractivity contribution in [2.75, 3.05) is 49.1 Å². The number of aromatic nitrogens is 2. The van der Waals surface area contributed by atoms with E-state index in [0.717, 1.165) is 0 Å². The van der Waals surface area contributed by atoms with Crippen LogP contribution in [0.1, 0.15) is 24.3 Å². The van der Waals surface area contributed by atoms with E-state index in [9.17, 15) is 13.2 Å². The lowest BCUT2D eigenvalue weighted by Gasteiger charge is -2.30. The summed E-state index contributed by atoms with van der Waals surface area (Å²) < 4.78 is 45.2. The van der Waals surface area contributed by atoms with Gasteiger partial charge in [-0.05, 0) is 38.1 Å². The second-order valence-corrected chi connectivity index (χ2v) is 9.45. The second-order valence-electron chi connectivity index (χ2n) is 7.77. The monoisotopic (exact) mass is 512 g/mol. The zero-order valence-electron chi connectivity index (χ0n) is 20.1. The van der Waals surface area contributed by atoms with Crippen molar-refractivity contribution in [3.63, 3.8) is 0 Å². The highest BCUT2D eigenvalue weighted by molar-refractivity contribution is 7.92. The lowest BCUT2D eigenvalue weighted by atomic mass is 10.1. The maximum Gasteiger partial charge on any atom is 0.361 e. The normalized spacial score (nSPS) is 13.8. The van der Waals surface area contributed by atoms with E-state index < -0.39 is 16.0 Å². The highest BCUT2D eigenvalue weighted by atomic mass is 32.2. The van der Waals surface area contributed by atoms with E-state index in [4.69, 9.17) is 19.2 Å². The van der Waals surface area contributed by atoms with Crippen LogP contribution >= 0.6 is 0 Å². The number of esters is 1. The van der Waals surface area contributed by atoms with Gasteiger partial charge < -0.3 is 19.1 Å². The standard InChI is InChI=1S/C25H28N4O6S/c1-3-34-22-21(25(30)35-4-2)26-23(27-24(22)29-14-16-33-17-15-29)19-12-8-9-13-20(19)28-36(31,32)18-10-6-5-7-11-18/h5-13,28H,3-4,14-17H2,1-2H3. The summed E-state index contributed by atoms with van der Waals surface area (Å²) in [6.45, 7) is 6.03. The Bertz CT molecular complexity index is 1310. The van der Waals surface area contributed by atoms with Crippen LogP contribution in [-0.4, -0.2) is 63.9 Å². The van der Waals surface area contributed by atoms with Crippen molar-refractivity contribution >= 4 is 27.5 Å². The molecule has 2 aromatic carbocycles. The van der Waals surface area contributed by atoms with Gasteiger partial charge in [-0.25, -0.2) is 23.2 Å². The van der Waals surface area contributed by atoms with Crippen molar-refractivity contribution in [1.82, 2.24) is 9.97 Å². The molecule has 0 saturated carbocycles. The molecule has 11 heteroatoms. The Balaban J connectivity index is 1.85. The number of anilines is 2. The van der Waals surface area contributed by atoms with Gasteiger partial charge >= 0.3 is 5.97 Å². The van der Waals surface area contributed by atoms with Crippen molar-refractivity contribution in [1.29, 1.82) is 0 Å². The fraction of sp³-hybridized carbons (Fsp3) is 0.320. The lowest BCUT2D eigenvalue weighted by molar-refractivity contribution is 0.0514. The number of para-hydroxylation sites is 1. The minimum Gasteiger partial charge on any atom is -0.488 e. The summed E-state index contributed by atoms with van der Waals surface area (Å²) >= 11 is 0. The predicted molar refractivity (Wildman–Crippen MR) is 135 cm³/mol. The maximum absolute atomic E-state index is 13.0. The Labute approximate surface area is 210 Å². The number of benzene rings is 2. The van der Waals surface area contributed by atoms with Gasteiger partial charge in [-0.15, -0.1) is 0 Å². The number of hydrogen-bond acceptors (Lipinski definition) is 9. The van der Waals surface area contributed by atoms with E-state index in [1.54, 1.807) is 56.3 Å². The number of rotatable bonds is 9. The first-order valence-corrected chi connectivity index (χ1v) is 13.1. The van der Waals surface area contributed by atoms with Gasteiger partial charge in [0.1, 0.15) is 0 Å². The Morgan fingerprint density at radius 3 is 2.39 bits per heavy atom. The minimum atomic E-state index is -3.88. The number of morpholine rings is 1. The van der Waals surface area contributed by atoms with E-state index in [1.807, 2.05) is 4.90 Å². The first kappa shape index (κ1) is 25.4. The molecule has 0 aliphatic carbocycles. The summed E-state index contributed by atoms with van der Waals surface area (Å²) in [6, 6.07) is 14.8. The first-order valence-electron chi connectivity index (χ1n) is 11.7. The molecule has 0 amide bonds. The number of hydrogen-bond donors (Lipinski definition) is 1. The summed E-state index contributed by atoms with van der Waals surface area (Å²) in [7, 11) is -3.88. The SMILES string of the molecule is CCOC(=O)c1nc(-c2ccccc2NS(=O)(=O)c2ccccc2)nc(N2CCOCC2)c1OCC. The van der Waals surface area contributed by atoms with Gasteiger partial charge in [0.05, 0.1) is 37.0 Å². The third-order valence-corrected chi connectivity index (χ3v) is 6.76. The number of carbonyl (C=O) groups is 1. The zero-order chi connectivity index (χ0) is 25.5. The summed E-state index contributed by atoms with van der Waals surface area (Å²) in [6.07, 6.45) is 0. The number of nitrogens with zero attached hydrogens (tertiary/aromatic N) is 3. The summed E-state index contributed by atoms with van der Waals surface area (Å²) in [5, 5.41) is 0. The molecule has 3 aromatic rings. The van der Waals surface area contributed by atoms with Gasteiger partial charge in [0.25, 0.3) is 10.0 Å². The van der Waals surface area contributed by atoms with Crippen molar-refractivity contribution < 1.29 is 27.4 Å². The van der Waals surface area contributed by atoms with Crippen molar-refractivity contribution in [3.8, 4) is 17.1 Å². The van der Waals surface area contributed by atoms with Gasteiger partial charge in [-0.2, -0.15) is 0 Å². The highest BCUT2D eigenvalue weighted by Crippen LogP contribution is 2.35. The molecule has 0 unspecified atom stereocenters. The molecule has 1 fully saturated rings. The van der Waals surface area contributed by atoms with Crippen LogP contribution in [0.3, 0.4) is 0 Å². The van der Waals surface area contributed by atoms with Crippen LogP contribution in [0, 0.1) is 0 Å². The van der Waals surface area contributed by atoms with E-state index in [0.29, 0.717) is 44.3 Å². The molecule has 2 heterocycles. The maximum atomic E-state index is 13.0. The summed E-state index contributed by atoms with van der Waals surface area (Å²) in [4.78, 5) is 24.2. The van der Waals surface area contributed by atoms with Crippen LogP contribution in [0.25, 0.3) is 11.4 Å². The third-order valence-electron chi connectivity index (χ3n) is 5.38. The van der Waals surface area contributed by atoms with E-state index in [1.165, 1.54) is 12.1 Å². The van der Waals surface area contributed by atoms with Gasteiger partial charge in [0.15, 0.2) is 23.1 Å². The zero-order valence-corrected chi connectivity index (χ0v) is 21.0. The van der Waals surface area contributed by atoms with Gasteiger partial charge in [0.2, 0.25) is 0 Å². The molecule has 10 nitrogen and oxygen atoms in total. The van der Waals surface area contributed by atoms with Crippen molar-refractivity contribution in [2.45, 2.75) is 18.7 Å². The van der Waals surface area contributed by atoms with Gasteiger partial charge in [-0.1, -0.05) is 30.3 Å². The average Bonchev–Trinajstić information content (AvgIpc) is 2.90. The quantitative estimate of drug-likeness (QED) is 0.430. The fourth-order valence-electron chi connectivity index (χ4n) is 3.73. The lowest BCUT2D eigenvalue weighted by Crippen LogP contribution is -2.37. The molecule has 4 rings (SSSR count). The molecule has 1 aliphatic rings. The van der Waals surface area contributed by atoms with E-state index in [2.05, 4.69) is 9.71 Å². The molecule has 0 atom stereocenters. The predicted octanol–water partition coefficient (Wildman–Crippen LogP) is 3.36. The van der Waals surface area contributed by atoms with Gasteiger partial charge in [-0.3, -0.25) is 4.72 Å². The molecule has 190 valence electrons. The van der Waals surface area contributed by atoms with Gasteiger partial charge in [0, 0.05) is 18.7 Å². The molecule has 0 bridgehead atoms. The Morgan fingerprint density at radius 1 is 1.00 bits per heavy atom. The van der Waals surface area contributed by atoms with Crippen LogP contribution in [-0.2, 0) is 19.5 Å². The van der Waals surface area contributed by atoms with Crippen LogP contribution in [0.2, 0.25) is 0 Å². The third kappa shape index (κ3) is 5.58. The number of nitrogens with one attached hydrogen (secondary N) is 1. The molecular weight excluding hydrogens is 484 g/mol. The topological polar surface area (TPSA) is 120 Å². The molecule has 1 N–H and O–H groups in total. The molecule has 1 aliphatic heterocycles. The number of carbonyl (C=O) groups excluding carboxylic acids is 1. The summed E-state index contributed by atoms with van der Waals surface area (Å²) in [5.74, 6) is 0.161. The van der Waals surface area contributed by atoms with Crippen LogP contribution in [0.5, 0.6) is 5.75 Å². The van der Waals surface area contributed by atoms with E-state index >= 15 is 0 Å². The molecule has 1 aromatic heterocycles. The minimum absolute atomic E-state index is 0.0223. The average molecular weight is 513 g/mol. The number of sulfonamides is 1. The van der Waals surface area contributed by atoms with Crippen LogP contribution in [0.4, 0.5) is 11.5 Å². The van der Waals surface area contributed by atoms with Crippen LogP contribution in [0.15, 0.2) is 59.5 Å². The second kappa shape index (κ2) is 11.4. The molecule has 1 saturated heterocycles. The molecule has 0 radical (unpaired) electrons. The largest absolute Gasteiger partial charge is 0.488 e. The first-order chi connectivity index (χ1) is 17.4. The fourth-order valence-corrected chi connectivity index (χ4v) is 4.83. The Kier molecular flexibility index (Phi) is 8.01. The van der Waals surface area contributed by atoms with Crippen LogP contribution < -0.4 is 14.4 Å². The van der Waals surface area contributed by atoms with Crippen molar-refractivity contribution in [2.24, 2.45) is 0 Å². The molecule has 0 spiro atoms. The van der Waals surface area contributed by atoms with E-state index in [-0.39, 0.29) is 34.5 Å². The molecular formula is C25H28N4O6S. The Hall–Kier alpha value is -3.70. The van der Waals surface area contributed by atoms with Crippen molar-refractivity contribution in [3.05, 3.63) is 60.3 Å². The molecule has 36 heavy (non-hydrogen) atoms. The smallest absolute Gasteiger partial charge is 0.361 e. The number of ether oxygens (including phenoxy) is 3. The highest BCUT2D eigenvalue weighted by Gasteiger charge is 2.28. The summed E-state index contributed by atoms with van der Waals surface area (Å²) in [5.41, 5.74) is 0.652. The Morgan fingerprint density at radius 2 is 1.69 bits per heavy atom.